The Bertz CT molecular complexity index is 1090. The normalized spacial score (nSPS) is 23.2. The summed E-state index contributed by atoms with van der Waals surface area (Å²) in [5, 5.41) is 8.35. The summed E-state index contributed by atoms with van der Waals surface area (Å²) in [7, 11) is 1.48. The molecule has 44 heavy (non-hydrogen) atoms. The number of rotatable bonds is 18. The number of halogens is 1. The molecule has 1 saturated heterocycles. The van der Waals surface area contributed by atoms with Gasteiger partial charge in [0.2, 0.25) is 5.91 Å². The number of ether oxygens (including phenoxy) is 4. The molecule has 1 aliphatic heterocycles. The van der Waals surface area contributed by atoms with E-state index in [4.69, 9.17) is 24.7 Å². The molecule has 1 aliphatic carbocycles. The minimum Gasteiger partial charge on any atom is -0.497 e. The van der Waals surface area contributed by atoms with Crippen molar-refractivity contribution in [2.75, 3.05) is 53.3 Å². The number of amides is 3. The van der Waals surface area contributed by atoms with Gasteiger partial charge in [0.15, 0.2) is 0 Å². The first-order valence-corrected chi connectivity index (χ1v) is 16.5. The molecule has 0 aromatic heterocycles. The summed E-state index contributed by atoms with van der Waals surface area (Å²) in [5.74, 6) is 0.0983. The van der Waals surface area contributed by atoms with E-state index in [1.807, 2.05) is 0 Å². The molecule has 1 heterocycles. The molecule has 0 saturated carbocycles. The molecule has 1 aromatic rings. The smallest absolute Gasteiger partial charge is 0.315 e. The van der Waals surface area contributed by atoms with Gasteiger partial charge >= 0.3 is 6.03 Å². The van der Waals surface area contributed by atoms with Crippen molar-refractivity contribution in [3.63, 3.8) is 0 Å². The van der Waals surface area contributed by atoms with Crippen molar-refractivity contribution in [3.8, 4) is 5.75 Å². The summed E-state index contributed by atoms with van der Waals surface area (Å²) in [5.41, 5.74) is 8.97. The summed E-state index contributed by atoms with van der Waals surface area (Å²) < 4.78 is 36.5. The fraction of sp³-hybridized carbons (Fsp3) is 0.656. The highest BCUT2D eigenvalue weighted by molar-refractivity contribution is 8.01. The monoisotopic (exact) mass is 636 g/mol. The highest BCUT2D eigenvalue weighted by Gasteiger charge is 2.40. The van der Waals surface area contributed by atoms with Crippen LogP contribution in [0.25, 0.3) is 0 Å². The van der Waals surface area contributed by atoms with Crippen molar-refractivity contribution in [1.82, 2.24) is 16.0 Å². The Morgan fingerprint density at radius 2 is 1.75 bits per heavy atom. The molecule has 3 amide bonds. The molecule has 1 fully saturated rings. The lowest BCUT2D eigenvalue weighted by atomic mass is 9.81. The maximum Gasteiger partial charge on any atom is 0.315 e. The quantitative estimate of drug-likeness (QED) is 0.140. The third kappa shape index (κ3) is 11.7. The molecular formula is C32H49FN4O6S. The number of carbonyl (C=O) groups excluding carboxylic acids is 2. The van der Waals surface area contributed by atoms with Crippen molar-refractivity contribution in [3.05, 3.63) is 47.5 Å². The molecule has 1 aromatic carbocycles. The first-order valence-electron chi connectivity index (χ1n) is 15.5. The lowest BCUT2D eigenvalue weighted by molar-refractivity contribution is -0.121. The number of allylic oxidation sites excluding steroid dienone is 1. The number of nitrogens with one attached hydrogen (secondary N) is 3. The van der Waals surface area contributed by atoms with Gasteiger partial charge in [-0.05, 0) is 63.2 Å². The van der Waals surface area contributed by atoms with Crippen LogP contribution in [0.2, 0.25) is 0 Å². The molecule has 246 valence electrons. The predicted molar refractivity (Wildman–Crippen MR) is 170 cm³/mol. The molecule has 0 bridgehead atoms. The Labute approximate surface area is 265 Å². The lowest BCUT2D eigenvalue weighted by Gasteiger charge is -2.42. The summed E-state index contributed by atoms with van der Waals surface area (Å²) in [6, 6.07) is 3.77. The van der Waals surface area contributed by atoms with Crippen molar-refractivity contribution in [2.24, 2.45) is 17.6 Å². The second kappa shape index (κ2) is 19.7. The first kappa shape index (κ1) is 35.9. The van der Waals surface area contributed by atoms with E-state index in [0.717, 1.165) is 25.7 Å². The second-order valence-corrected chi connectivity index (χ2v) is 12.4. The standard InChI is InChI=1S/C32H49FN4O6S/c1-22-29(24-9-7-5-4-6-8-10-24)36-32(39)37-31(22)44-28(13-15-41-17-19-43-20-18-42-16-14-34)30(38)35-23(2)26-12-11-25(40-3)21-27(26)33/h5-6,11-12,21-24,28-29,31H,7-10,13-20,34H2,1-3H3,(H,35,38)(H2,36,37,39)/t4?,22?,23-,28-,29?,31?/m1/s1. The fourth-order valence-corrected chi connectivity index (χ4v) is 6.82. The van der Waals surface area contributed by atoms with E-state index in [2.05, 4.69) is 40.8 Å². The third-order valence-electron chi connectivity index (χ3n) is 7.89. The van der Waals surface area contributed by atoms with E-state index in [9.17, 15) is 14.0 Å². The van der Waals surface area contributed by atoms with Crippen LogP contribution in [0.1, 0.15) is 57.6 Å². The van der Waals surface area contributed by atoms with Crippen LogP contribution in [0.3, 0.4) is 0 Å². The van der Waals surface area contributed by atoms with Crippen LogP contribution in [0.4, 0.5) is 9.18 Å². The molecule has 0 spiro atoms. The Morgan fingerprint density at radius 3 is 2.39 bits per heavy atom. The third-order valence-corrected chi connectivity index (χ3v) is 9.51. The molecule has 10 nitrogen and oxygen atoms in total. The topological polar surface area (TPSA) is 133 Å². The zero-order valence-electron chi connectivity index (χ0n) is 26.1. The van der Waals surface area contributed by atoms with Gasteiger partial charge in [0.05, 0.1) is 56.8 Å². The van der Waals surface area contributed by atoms with Crippen LogP contribution in [0.5, 0.6) is 5.75 Å². The van der Waals surface area contributed by atoms with Crippen molar-refractivity contribution < 1.29 is 32.9 Å². The number of nitrogens with two attached hydrogens (primary N) is 1. The zero-order chi connectivity index (χ0) is 31.7. The lowest BCUT2D eigenvalue weighted by Crippen LogP contribution is -2.61. The molecule has 3 unspecified atom stereocenters. The van der Waals surface area contributed by atoms with Gasteiger partial charge in [-0.25, -0.2) is 9.18 Å². The maximum atomic E-state index is 14.8. The average Bonchev–Trinajstić information content (AvgIpc) is 2.98. The van der Waals surface area contributed by atoms with Crippen LogP contribution < -0.4 is 26.4 Å². The Balaban J connectivity index is 1.63. The number of hydrogen-bond acceptors (Lipinski definition) is 8. The van der Waals surface area contributed by atoms with E-state index < -0.39 is 17.1 Å². The summed E-state index contributed by atoms with van der Waals surface area (Å²) in [6.45, 7) is 6.85. The SMILES string of the molecule is COc1ccc([C@@H](C)NC(=O)[C@@H](CCOCCOCCOCCN)SC2NC(=O)NC(C3CCC=C=CCC3)C2C)c(F)c1. The van der Waals surface area contributed by atoms with Gasteiger partial charge in [0, 0.05) is 36.7 Å². The molecule has 12 heteroatoms. The molecular weight excluding hydrogens is 587 g/mol. The molecule has 0 radical (unpaired) electrons. The Kier molecular flexibility index (Phi) is 16.1. The number of thioether (sulfide) groups is 1. The summed E-state index contributed by atoms with van der Waals surface area (Å²) in [4.78, 5) is 26.5. The molecule has 3 rings (SSSR count). The molecule has 5 N–H and O–H groups in total. The van der Waals surface area contributed by atoms with Gasteiger partial charge < -0.3 is 40.6 Å². The number of hydrogen-bond donors (Lipinski definition) is 4. The van der Waals surface area contributed by atoms with Gasteiger partial charge in [-0.2, -0.15) is 0 Å². The largest absolute Gasteiger partial charge is 0.497 e. The Morgan fingerprint density at radius 1 is 1.09 bits per heavy atom. The van der Waals surface area contributed by atoms with Gasteiger partial charge in [0.1, 0.15) is 11.6 Å². The van der Waals surface area contributed by atoms with Crippen molar-refractivity contribution >= 4 is 23.7 Å². The van der Waals surface area contributed by atoms with E-state index in [1.54, 1.807) is 19.1 Å². The van der Waals surface area contributed by atoms with E-state index in [1.165, 1.54) is 24.9 Å². The average molecular weight is 637 g/mol. The molecule has 5 atom stereocenters. The first-order chi connectivity index (χ1) is 21.3. The zero-order valence-corrected chi connectivity index (χ0v) is 27.0. The van der Waals surface area contributed by atoms with Gasteiger partial charge in [-0.1, -0.05) is 13.0 Å². The van der Waals surface area contributed by atoms with E-state index in [0.29, 0.717) is 69.8 Å². The number of benzene rings is 1. The van der Waals surface area contributed by atoms with Crippen LogP contribution >= 0.6 is 11.8 Å². The maximum absolute atomic E-state index is 14.8. The van der Waals surface area contributed by atoms with E-state index >= 15 is 0 Å². The Hall–Kier alpha value is -2.60. The van der Waals surface area contributed by atoms with Crippen LogP contribution in [-0.2, 0) is 19.0 Å². The van der Waals surface area contributed by atoms with Gasteiger partial charge in [0.25, 0.3) is 0 Å². The van der Waals surface area contributed by atoms with Crippen LogP contribution in [0, 0.1) is 17.7 Å². The number of methoxy groups -OCH3 is 1. The van der Waals surface area contributed by atoms with Crippen LogP contribution in [-0.4, -0.2) is 81.9 Å². The van der Waals surface area contributed by atoms with E-state index in [-0.39, 0.29) is 29.3 Å². The minimum absolute atomic E-state index is 0.0144. The summed E-state index contributed by atoms with van der Waals surface area (Å²) in [6.07, 6.45) is 8.29. The second-order valence-electron chi connectivity index (χ2n) is 11.1. The van der Waals surface area contributed by atoms with Gasteiger partial charge in [-0.3, -0.25) is 4.79 Å². The number of urea groups is 1. The fourth-order valence-electron chi connectivity index (χ4n) is 5.45. The molecule has 2 aliphatic rings. The highest BCUT2D eigenvalue weighted by Crippen LogP contribution is 2.34. The van der Waals surface area contributed by atoms with Crippen molar-refractivity contribution in [1.29, 1.82) is 0 Å². The summed E-state index contributed by atoms with van der Waals surface area (Å²) >= 11 is 1.43. The highest BCUT2D eigenvalue weighted by atomic mass is 32.2. The minimum atomic E-state index is -0.573. The van der Waals surface area contributed by atoms with Crippen LogP contribution in [0.15, 0.2) is 36.1 Å². The van der Waals surface area contributed by atoms with Crippen molar-refractivity contribution in [2.45, 2.75) is 68.7 Å². The predicted octanol–water partition coefficient (Wildman–Crippen LogP) is 4.06. The van der Waals surface area contributed by atoms with Gasteiger partial charge in [-0.15, -0.1) is 17.5 Å². The number of carbonyl (C=O) groups is 2.